The third-order valence-electron chi connectivity index (χ3n) is 2.97. The lowest BCUT2D eigenvalue weighted by atomic mass is 9.93. The van der Waals surface area contributed by atoms with Gasteiger partial charge >= 0.3 is 0 Å². The van der Waals surface area contributed by atoms with Gasteiger partial charge < -0.3 is 14.3 Å². The number of hydrogen-bond acceptors (Lipinski definition) is 5. The van der Waals surface area contributed by atoms with Gasteiger partial charge in [0.05, 0.1) is 12.8 Å². The van der Waals surface area contributed by atoms with E-state index in [9.17, 15) is 0 Å². The van der Waals surface area contributed by atoms with Crippen molar-refractivity contribution in [3.63, 3.8) is 0 Å². The van der Waals surface area contributed by atoms with Gasteiger partial charge in [-0.15, -0.1) is 0 Å². The number of aromatic nitrogens is 2. The number of nitrogens with zero attached hydrogens (tertiary/aromatic N) is 2. The Morgan fingerprint density at radius 1 is 1.50 bits per heavy atom. The molecule has 0 saturated carbocycles. The van der Waals surface area contributed by atoms with Gasteiger partial charge in [0, 0.05) is 18.0 Å². The van der Waals surface area contributed by atoms with Crippen molar-refractivity contribution in [2.45, 2.75) is 31.8 Å². The van der Waals surface area contributed by atoms with Crippen LogP contribution in [0.1, 0.15) is 36.0 Å². The molecule has 1 aliphatic carbocycles. The molecule has 2 heterocycles. The largest absolute Gasteiger partial charge is 0.469 e. The number of aryl methyl sites for hydroxylation is 1. The first-order valence-electron chi connectivity index (χ1n) is 5.48. The summed E-state index contributed by atoms with van der Waals surface area (Å²) in [6.07, 6.45) is 6.44. The summed E-state index contributed by atoms with van der Waals surface area (Å²) >= 11 is 0. The molecule has 0 amide bonds. The van der Waals surface area contributed by atoms with Gasteiger partial charge in [-0.25, -0.2) is 0 Å². The zero-order chi connectivity index (χ0) is 10.8. The van der Waals surface area contributed by atoms with Gasteiger partial charge in [-0.2, -0.15) is 4.98 Å². The number of nitrogens with one attached hydrogen (secondary N) is 1. The monoisotopic (exact) mass is 219 g/mol. The lowest BCUT2D eigenvalue weighted by molar-refractivity contribution is 0.389. The highest BCUT2D eigenvalue weighted by Gasteiger charge is 2.22. The van der Waals surface area contributed by atoms with Crippen LogP contribution in [-0.4, -0.2) is 10.1 Å². The SMILES string of the molecule is c1nc(CNC2CCCc3occc32)no1. The van der Waals surface area contributed by atoms with E-state index in [1.807, 2.05) is 6.07 Å². The normalized spacial score (nSPS) is 19.6. The molecule has 2 aromatic rings. The Balaban J connectivity index is 1.69. The molecule has 5 heteroatoms. The second kappa shape index (κ2) is 4.09. The molecule has 0 fully saturated rings. The summed E-state index contributed by atoms with van der Waals surface area (Å²) in [7, 11) is 0. The lowest BCUT2D eigenvalue weighted by Gasteiger charge is -2.22. The molecular formula is C11H13N3O2. The third-order valence-corrected chi connectivity index (χ3v) is 2.97. The molecule has 2 aromatic heterocycles. The predicted molar refractivity (Wildman–Crippen MR) is 55.5 cm³/mol. The Hall–Kier alpha value is -1.62. The number of furan rings is 1. The Labute approximate surface area is 92.8 Å². The lowest BCUT2D eigenvalue weighted by Crippen LogP contribution is -2.24. The fourth-order valence-electron chi connectivity index (χ4n) is 2.18. The molecule has 1 unspecified atom stereocenters. The predicted octanol–water partition coefficient (Wildman–Crippen LogP) is 1.83. The number of hydrogen-bond donors (Lipinski definition) is 1. The smallest absolute Gasteiger partial charge is 0.213 e. The van der Waals surface area contributed by atoms with Crippen LogP contribution >= 0.6 is 0 Å². The van der Waals surface area contributed by atoms with Crippen LogP contribution < -0.4 is 5.32 Å². The minimum Gasteiger partial charge on any atom is -0.469 e. The van der Waals surface area contributed by atoms with Crippen molar-refractivity contribution in [1.82, 2.24) is 15.5 Å². The first kappa shape index (κ1) is 9.59. The van der Waals surface area contributed by atoms with Crippen LogP contribution in [0, 0.1) is 0 Å². The maximum Gasteiger partial charge on any atom is 0.213 e. The summed E-state index contributed by atoms with van der Waals surface area (Å²) in [5, 5.41) is 7.19. The van der Waals surface area contributed by atoms with Crippen molar-refractivity contribution >= 4 is 0 Å². The molecule has 0 saturated heterocycles. The fourth-order valence-corrected chi connectivity index (χ4v) is 2.18. The van der Waals surface area contributed by atoms with Gasteiger partial charge in [0.2, 0.25) is 6.39 Å². The fraction of sp³-hybridized carbons (Fsp3) is 0.455. The first-order valence-corrected chi connectivity index (χ1v) is 5.48. The van der Waals surface area contributed by atoms with Gasteiger partial charge in [-0.1, -0.05) is 5.16 Å². The summed E-state index contributed by atoms with van der Waals surface area (Å²) in [4.78, 5) is 3.98. The van der Waals surface area contributed by atoms with Crippen LogP contribution in [0.25, 0.3) is 0 Å². The topological polar surface area (TPSA) is 64.1 Å². The van der Waals surface area contributed by atoms with E-state index in [1.54, 1.807) is 6.26 Å². The Morgan fingerprint density at radius 2 is 2.50 bits per heavy atom. The Morgan fingerprint density at radius 3 is 3.38 bits per heavy atom. The van der Waals surface area contributed by atoms with Crippen molar-refractivity contribution in [3.05, 3.63) is 35.9 Å². The molecule has 3 rings (SSSR count). The summed E-state index contributed by atoms with van der Waals surface area (Å²) < 4.78 is 10.1. The van der Waals surface area contributed by atoms with Gasteiger partial charge in [0.15, 0.2) is 5.82 Å². The van der Waals surface area contributed by atoms with E-state index in [0.29, 0.717) is 18.4 Å². The zero-order valence-corrected chi connectivity index (χ0v) is 8.85. The van der Waals surface area contributed by atoms with Crippen LogP contribution in [0.2, 0.25) is 0 Å². The highest BCUT2D eigenvalue weighted by atomic mass is 16.5. The summed E-state index contributed by atoms with van der Waals surface area (Å²) in [6.45, 7) is 0.631. The molecular weight excluding hydrogens is 206 g/mol. The van der Waals surface area contributed by atoms with Crippen LogP contribution in [-0.2, 0) is 13.0 Å². The highest BCUT2D eigenvalue weighted by molar-refractivity contribution is 5.24. The number of rotatable bonds is 3. The Bertz CT molecular complexity index is 450. The molecule has 5 nitrogen and oxygen atoms in total. The van der Waals surface area contributed by atoms with E-state index < -0.39 is 0 Å². The van der Waals surface area contributed by atoms with Gasteiger partial charge in [0.25, 0.3) is 0 Å². The molecule has 0 bridgehead atoms. The van der Waals surface area contributed by atoms with Crippen molar-refractivity contribution in [2.75, 3.05) is 0 Å². The summed E-state index contributed by atoms with van der Waals surface area (Å²) in [6, 6.07) is 2.39. The molecule has 0 aliphatic heterocycles. The average Bonchev–Trinajstić information content (AvgIpc) is 2.97. The van der Waals surface area contributed by atoms with E-state index >= 15 is 0 Å². The molecule has 1 N–H and O–H groups in total. The van der Waals surface area contributed by atoms with Crippen molar-refractivity contribution in [2.24, 2.45) is 0 Å². The second-order valence-electron chi connectivity index (χ2n) is 3.97. The van der Waals surface area contributed by atoms with Crippen molar-refractivity contribution < 1.29 is 8.94 Å². The zero-order valence-electron chi connectivity index (χ0n) is 8.85. The van der Waals surface area contributed by atoms with E-state index in [1.165, 1.54) is 12.0 Å². The molecule has 16 heavy (non-hydrogen) atoms. The van der Waals surface area contributed by atoms with Gasteiger partial charge in [-0.3, -0.25) is 0 Å². The van der Waals surface area contributed by atoms with E-state index in [0.717, 1.165) is 25.0 Å². The van der Waals surface area contributed by atoms with E-state index in [4.69, 9.17) is 4.42 Å². The third kappa shape index (κ3) is 1.74. The van der Waals surface area contributed by atoms with Crippen LogP contribution in [0.5, 0.6) is 0 Å². The quantitative estimate of drug-likeness (QED) is 0.853. The molecule has 84 valence electrons. The summed E-state index contributed by atoms with van der Waals surface area (Å²) in [5.41, 5.74) is 1.27. The van der Waals surface area contributed by atoms with Crippen LogP contribution in [0.15, 0.2) is 27.7 Å². The molecule has 0 aromatic carbocycles. The Kier molecular flexibility index (Phi) is 2.46. The van der Waals surface area contributed by atoms with Gasteiger partial charge in [0.1, 0.15) is 5.76 Å². The summed E-state index contributed by atoms with van der Waals surface area (Å²) in [5.74, 6) is 1.80. The maximum absolute atomic E-state index is 5.43. The van der Waals surface area contributed by atoms with Crippen LogP contribution in [0.3, 0.4) is 0 Å². The number of fused-ring (bicyclic) bond motifs is 1. The van der Waals surface area contributed by atoms with Crippen molar-refractivity contribution in [3.8, 4) is 0 Å². The standard InChI is InChI=1S/C11H13N3O2/c1-2-9(8-4-5-15-10(8)3-1)12-6-11-13-7-16-14-11/h4-5,7,9,12H,1-3,6H2. The highest BCUT2D eigenvalue weighted by Crippen LogP contribution is 2.30. The molecule has 1 atom stereocenters. The maximum atomic E-state index is 5.43. The minimum absolute atomic E-state index is 0.348. The molecule has 0 radical (unpaired) electrons. The molecule has 0 spiro atoms. The molecule has 1 aliphatic rings. The second-order valence-corrected chi connectivity index (χ2v) is 3.97. The van der Waals surface area contributed by atoms with Gasteiger partial charge in [-0.05, 0) is 18.9 Å². The van der Waals surface area contributed by atoms with E-state index in [-0.39, 0.29) is 0 Å². The minimum atomic E-state index is 0.348. The van der Waals surface area contributed by atoms with E-state index in [2.05, 4.69) is 20.0 Å². The first-order chi connectivity index (χ1) is 7.93. The van der Waals surface area contributed by atoms with Crippen molar-refractivity contribution in [1.29, 1.82) is 0 Å². The van der Waals surface area contributed by atoms with Crippen LogP contribution in [0.4, 0.5) is 0 Å². The average molecular weight is 219 g/mol.